The molecule has 20 heavy (non-hydrogen) atoms. The predicted molar refractivity (Wildman–Crippen MR) is 77.4 cm³/mol. The number of Topliss-reactive ketones (excluding diaryl/α,β-unsaturated/α-hetero) is 1. The molecule has 0 radical (unpaired) electrons. The first kappa shape index (κ1) is 12.6. The Bertz CT molecular complexity index is 632. The van der Waals surface area contributed by atoms with Gasteiger partial charge in [-0.25, -0.2) is 0 Å². The van der Waals surface area contributed by atoms with Crippen molar-refractivity contribution in [2.24, 2.45) is 0 Å². The summed E-state index contributed by atoms with van der Waals surface area (Å²) >= 11 is 0. The van der Waals surface area contributed by atoms with Crippen LogP contribution in [0.3, 0.4) is 0 Å². The number of hydrogen-bond donors (Lipinski definition) is 1. The van der Waals surface area contributed by atoms with E-state index in [2.05, 4.69) is 5.32 Å². The van der Waals surface area contributed by atoms with Gasteiger partial charge in [0, 0.05) is 12.0 Å². The Balaban J connectivity index is 1.79. The minimum absolute atomic E-state index is 0.00420. The van der Waals surface area contributed by atoms with Crippen LogP contribution in [-0.4, -0.2) is 17.7 Å². The molecule has 1 aliphatic heterocycles. The summed E-state index contributed by atoms with van der Waals surface area (Å²) in [6, 6.07) is 17.2. The molecule has 0 saturated carbocycles. The molecule has 0 bridgehead atoms. The normalized spacial score (nSPS) is 17.8. The summed E-state index contributed by atoms with van der Waals surface area (Å²) < 4.78 is 0. The lowest BCUT2D eigenvalue weighted by atomic mass is 9.99. The Kier molecular flexibility index (Phi) is 3.33. The second-order valence-corrected chi connectivity index (χ2v) is 4.97. The molecule has 1 saturated heterocycles. The van der Waals surface area contributed by atoms with Gasteiger partial charge < -0.3 is 5.32 Å². The molecule has 1 heterocycles. The Morgan fingerprint density at radius 3 is 2.20 bits per heavy atom. The Morgan fingerprint density at radius 2 is 1.60 bits per heavy atom. The lowest BCUT2D eigenvalue weighted by Crippen LogP contribution is -2.33. The molecular formula is C17H15NO2. The van der Waals surface area contributed by atoms with Crippen LogP contribution in [0, 0.1) is 0 Å². The van der Waals surface area contributed by atoms with Crippen molar-refractivity contribution < 1.29 is 9.59 Å². The second-order valence-electron chi connectivity index (χ2n) is 4.97. The quantitative estimate of drug-likeness (QED) is 0.867. The van der Waals surface area contributed by atoms with Crippen LogP contribution >= 0.6 is 0 Å². The highest BCUT2D eigenvalue weighted by Crippen LogP contribution is 2.20. The molecule has 3 nitrogen and oxygen atoms in total. The van der Waals surface area contributed by atoms with Gasteiger partial charge in [-0.15, -0.1) is 0 Å². The van der Waals surface area contributed by atoms with Gasteiger partial charge in [0.25, 0.3) is 0 Å². The fourth-order valence-electron chi connectivity index (χ4n) is 2.47. The van der Waals surface area contributed by atoms with Crippen molar-refractivity contribution in [1.82, 2.24) is 5.32 Å². The summed E-state index contributed by atoms with van der Waals surface area (Å²) in [5.41, 5.74) is 2.86. The predicted octanol–water partition coefficient (Wildman–Crippen LogP) is 2.81. The molecule has 0 aromatic heterocycles. The maximum absolute atomic E-state index is 12.2. The first-order valence-electron chi connectivity index (χ1n) is 6.73. The molecule has 2 aromatic rings. The van der Waals surface area contributed by atoms with Crippen molar-refractivity contribution in [3.05, 3.63) is 60.2 Å². The minimum atomic E-state index is -0.356. The van der Waals surface area contributed by atoms with Gasteiger partial charge in [0.05, 0.1) is 6.04 Å². The molecule has 1 fully saturated rings. The highest BCUT2D eigenvalue weighted by Gasteiger charge is 2.27. The van der Waals surface area contributed by atoms with E-state index in [1.165, 1.54) is 0 Å². The number of benzene rings is 2. The maximum Gasteiger partial charge on any atom is 0.220 e. The number of rotatable bonds is 3. The highest BCUT2D eigenvalue weighted by atomic mass is 16.2. The molecule has 100 valence electrons. The SMILES string of the molecule is O=C1CC[C@H](C(=O)c2ccc(-c3ccccc3)cc2)N1. The van der Waals surface area contributed by atoms with Crippen LogP contribution in [-0.2, 0) is 4.79 Å². The van der Waals surface area contributed by atoms with E-state index in [1.807, 2.05) is 54.6 Å². The van der Waals surface area contributed by atoms with E-state index in [9.17, 15) is 9.59 Å². The van der Waals surface area contributed by atoms with Gasteiger partial charge in [-0.3, -0.25) is 9.59 Å². The number of carbonyl (C=O) groups excluding carboxylic acids is 2. The van der Waals surface area contributed by atoms with Crippen LogP contribution in [0.5, 0.6) is 0 Å². The van der Waals surface area contributed by atoms with Gasteiger partial charge in [-0.1, -0.05) is 54.6 Å². The standard InChI is InChI=1S/C17H15NO2/c19-16-11-10-15(18-16)17(20)14-8-6-13(7-9-14)12-4-2-1-3-5-12/h1-9,15H,10-11H2,(H,18,19)/t15-/m1/s1. The zero-order valence-electron chi connectivity index (χ0n) is 11.0. The van der Waals surface area contributed by atoms with E-state index < -0.39 is 0 Å². The van der Waals surface area contributed by atoms with Crippen molar-refractivity contribution >= 4 is 11.7 Å². The average Bonchev–Trinajstić information content (AvgIpc) is 2.94. The maximum atomic E-state index is 12.2. The van der Waals surface area contributed by atoms with Crippen molar-refractivity contribution in [3.8, 4) is 11.1 Å². The summed E-state index contributed by atoms with van der Waals surface area (Å²) in [6.07, 6.45) is 1.04. The second kappa shape index (κ2) is 5.29. The lowest BCUT2D eigenvalue weighted by molar-refractivity contribution is -0.119. The van der Waals surface area contributed by atoms with Crippen LogP contribution in [0.25, 0.3) is 11.1 Å². The van der Waals surface area contributed by atoms with Crippen molar-refractivity contribution in [2.75, 3.05) is 0 Å². The van der Waals surface area contributed by atoms with Gasteiger partial charge >= 0.3 is 0 Å². The Morgan fingerprint density at radius 1 is 0.950 bits per heavy atom. The molecule has 0 spiro atoms. The van der Waals surface area contributed by atoms with Crippen LogP contribution in [0.15, 0.2) is 54.6 Å². The smallest absolute Gasteiger partial charge is 0.220 e. The summed E-state index contributed by atoms with van der Waals surface area (Å²) in [6.45, 7) is 0. The first-order valence-corrected chi connectivity index (χ1v) is 6.73. The summed E-state index contributed by atoms with van der Waals surface area (Å²) in [5.74, 6) is -0.0419. The molecule has 2 aromatic carbocycles. The van der Waals surface area contributed by atoms with Gasteiger partial charge in [0.2, 0.25) is 5.91 Å². The fraction of sp³-hybridized carbons (Fsp3) is 0.176. The van der Waals surface area contributed by atoms with Crippen LogP contribution in [0.1, 0.15) is 23.2 Å². The van der Waals surface area contributed by atoms with Crippen LogP contribution in [0.4, 0.5) is 0 Å². The first-order chi connectivity index (χ1) is 9.74. The summed E-state index contributed by atoms with van der Waals surface area (Å²) in [5, 5.41) is 2.71. The number of ketones is 1. The third kappa shape index (κ3) is 2.48. The molecule has 3 rings (SSSR count). The molecule has 1 N–H and O–H groups in total. The van der Waals surface area contributed by atoms with E-state index in [-0.39, 0.29) is 17.7 Å². The monoisotopic (exact) mass is 265 g/mol. The van der Waals surface area contributed by atoms with Crippen molar-refractivity contribution in [1.29, 1.82) is 0 Å². The van der Waals surface area contributed by atoms with E-state index >= 15 is 0 Å². The average molecular weight is 265 g/mol. The third-order valence-electron chi connectivity index (χ3n) is 3.59. The largest absolute Gasteiger partial charge is 0.346 e. The number of amides is 1. The van der Waals surface area contributed by atoms with Crippen molar-refractivity contribution in [2.45, 2.75) is 18.9 Å². The van der Waals surface area contributed by atoms with E-state index in [0.717, 1.165) is 11.1 Å². The van der Waals surface area contributed by atoms with E-state index in [4.69, 9.17) is 0 Å². The third-order valence-corrected chi connectivity index (χ3v) is 3.59. The number of nitrogens with one attached hydrogen (secondary N) is 1. The minimum Gasteiger partial charge on any atom is -0.346 e. The van der Waals surface area contributed by atoms with Gasteiger partial charge in [0.15, 0.2) is 5.78 Å². The molecular weight excluding hydrogens is 250 g/mol. The molecule has 0 unspecified atom stereocenters. The van der Waals surface area contributed by atoms with Gasteiger partial charge in [-0.05, 0) is 17.5 Å². The Labute approximate surface area is 117 Å². The fourth-order valence-corrected chi connectivity index (χ4v) is 2.47. The van der Waals surface area contributed by atoms with E-state index in [1.54, 1.807) is 0 Å². The summed E-state index contributed by atoms with van der Waals surface area (Å²) in [7, 11) is 0. The van der Waals surface area contributed by atoms with E-state index in [0.29, 0.717) is 18.4 Å². The lowest BCUT2D eigenvalue weighted by Gasteiger charge is -2.09. The van der Waals surface area contributed by atoms with Gasteiger partial charge in [-0.2, -0.15) is 0 Å². The van der Waals surface area contributed by atoms with Crippen LogP contribution in [0.2, 0.25) is 0 Å². The summed E-state index contributed by atoms with van der Waals surface area (Å²) in [4.78, 5) is 23.4. The molecule has 1 amide bonds. The van der Waals surface area contributed by atoms with Gasteiger partial charge in [0.1, 0.15) is 0 Å². The number of hydrogen-bond acceptors (Lipinski definition) is 2. The molecule has 1 aliphatic rings. The van der Waals surface area contributed by atoms with Crippen molar-refractivity contribution in [3.63, 3.8) is 0 Å². The topological polar surface area (TPSA) is 46.2 Å². The zero-order chi connectivity index (χ0) is 13.9. The molecule has 0 aliphatic carbocycles. The molecule has 1 atom stereocenters. The molecule has 3 heteroatoms. The zero-order valence-corrected chi connectivity index (χ0v) is 11.0. The van der Waals surface area contributed by atoms with Crippen LogP contribution < -0.4 is 5.32 Å². The Hall–Kier alpha value is -2.42. The highest BCUT2D eigenvalue weighted by molar-refractivity contribution is 6.03. The number of carbonyl (C=O) groups is 2.